The summed E-state index contributed by atoms with van der Waals surface area (Å²) in [5.74, 6) is 0. The number of rotatable bonds is 1. The molecule has 0 amide bonds. The Balaban J connectivity index is 2.82. The Kier molecular flexibility index (Phi) is 1.65. The summed E-state index contributed by atoms with van der Waals surface area (Å²) in [6.45, 7) is 0. The number of hydrogen-bond donors (Lipinski definition) is 1. The van der Waals surface area contributed by atoms with Gasteiger partial charge in [0.2, 0.25) is 5.43 Å². The lowest BCUT2D eigenvalue weighted by atomic mass is 10.5. The lowest BCUT2D eigenvalue weighted by Crippen LogP contribution is -2.08. The number of nitrogens with one attached hydrogen (secondary N) is 1. The van der Waals surface area contributed by atoms with E-state index in [0.29, 0.717) is 5.03 Å². The lowest BCUT2D eigenvalue weighted by Gasteiger charge is -1.94. The van der Waals surface area contributed by atoms with Crippen molar-refractivity contribution in [1.82, 2.24) is 14.6 Å². The fourth-order valence-electron chi connectivity index (χ4n) is 1.01. The molecule has 0 saturated heterocycles. The molecule has 0 radical (unpaired) electrons. The monoisotopic (exact) mass is 181 g/mol. The van der Waals surface area contributed by atoms with Gasteiger partial charge in [-0.15, -0.1) is 11.8 Å². The summed E-state index contributed by atoms with van der Waals surface area (Å²) in [6.07, 6.45) is 5.35. The molecule has 0 aliphatic rings. The van der Waals surface area contributed by atoms with E-state index in [1.165, 1.54) is 11.8 Å². The molecule has 0 fully saturated rings. The van der Waals surface area contributed by atoms with Gasteiger partial charge in [-0.25, -0.2) is 4.52 Å². The summed E-state index contributed by atoms with van der Waals surface area (Å²) in [4.78, 5) is 14.1. The largest absolute Gasteiger partial charge is 0.345 e. The van der Waals surface area contributed by atoms with Crippen LogP contribution in [0.4, 0.5) is 0 Å². The molecule has 62 valence electrons. The van der Waals surface area contributed by atoms with Crippen LogP contribution in [0.3, 0.4) is 0 Å². The number of nitrogens with zero attached hydrogens (tertiary/aromatic N) is 2. The van der Waals surface area contributed by atoms with Crippen molar-refractivity contribution in [2.45, 2.75) is 5.03 Å². The van der Waals surface area contributed by atoms with Gasteiger partial charge in [0.05, 0.1) is 0 Å². The summed E-state index contributed by atoms with van der Waals surface area (Å²) < 4.78 is 1.65. The van der Waals surface area contributed by atoms with Crippen LogP contribution in [0.25, 0.3) is 5.65 Å². The summed E-state index contributed by atoms with van der Waals surface area (Å²) in [7, 11) is 0. The Morgan fingerprint density at radius 2 is 2.50 bits per heavy atom. The quantitative estimate of drug-likeness (QED) is 0.660. The molecule has 0 aromatic carbocycles. The molecule has 2 rings (SSSR count). The molecule has 0 aliphatic heterocycles. The van der Waals surface area contributed by atoms with Crippen LogP contribution in [0, 0.1) is 0 Å². The summed E-state index contributed by atoms with van der Waals surface area (Å²) in [6, 6.07) is 1.54. The topological polar surface area (TPSA) is 50.2 Å². The Bertz CT molecular complexity index is 459. The summed E-state index contributed by atoms with van der Waals surface area (Å²) >= 11 is 1.36. The van der Waals surface area contributed by atoms with Crippen molar-refractivity contribution in [2.75, 3.05) is 6.26 Å². The van der Waals surface area contributed by atoms with Gasteiger partial charge in [0.1, 0.15) is 5.65 Å². The first-order chi connectivity index (χ1) is 5.81. The molecule has 5 heteroatoms. The maximum atomic E-state index is 11.2. The molecule has 0 saturated carbocycles. The number of aromatic nitrogens is 3. The molecule has 2 heterocycles. The van der Waals surface area contributed by atoms with Crippen molar-refractivity contribution in [1.29, 1.82) is 0 Å². The van der Waals surface area contributed by atoms with Gasteiger partial charge in [-0.1, -0.05) is 0 Å². The Labute approximate surface area is 72.6 Å². The number of H-pyrrole nitrogens is 1. The highest BCUT2D eigenvalue weighted by molar-refractivity contribution is 7.98. The fraction of sp³-hybridized carbons (Fsp3) is 0.143. The zero-order valence-electron chi connectivity index (χ0n) is 6.44. The normalized spacial score (nSPS) is 10.8. The highest BCUT2D eigenvalue weighted by Gasteiger charge is 2.01. The third-order valence-corrected chi connectivity index (χ3v) is 2.23. The average molecular weight is 181 g/mol. The van der Waals surface area contributed by atoms with E-state index in [1.54, 1.807) is 23.0 Å². The second-order valence-corrected chi connectivity index (χ2v) is 3.10. The summed E-state index contributed by atoms with van der Waals surface area (Å²) in [5, 5.41) is 4.61. The Hall–Kier alpha value is -1.23. The van der Waals surface area contributed by atoms with E-state index in [0.717, 1.165) is 5.65 Å². The minimum Gasteiger partial charge on any atom is -0.345 e. The second-order valence-electron chi connectivity index (χ2n) is 2.31. The number of aromatic amines is 1. The van der Waals surface area contributed by atoms with Crippen LogP contribution >= 0.6 is 11.8 Å². The number of imidazole rings is 1. The van der Waals surface area contributed by atoms with Crippen LogP contribution in [0.15, 0.2) is 28.3 Å². The van der Waals surface area contributed by atoms with Gasteiger partial charge in [0.25, 0.3) is 0 Å². The van der Waals surface area contributed by atoms with Gasteiger partial charge in [0, 0.05) is 18.5 Å². The van der Waals surface area contributed by atoms with Gasteiger partial charge in [-0.2, -0.15) is 5.10 Å². The molecular weight excluding hydrogens is 174 g/mol. The van der Waals surface area contributed by atoms with Gasteiger partial charge in [-0.05, 0) is 6.26 Å². The van der Waals surface area contributed by atoms with Gasteiger partial charge in [-0.3, -0.25) is 4.79 Å². The third-order valence-electron chi connectivity index (χ3n) is 1.56. The highest BCUT2D eigenvalue weighted by atomic mass is 32.2. The molecular formula is C7H7N3OS. The van der Waals surface area contributed by atoms with E-state index in [-0.39, 0.29) is 5.43 Å². The zero-order chi connectivity index (χ0) is 8.55. The molecule has 1 N–H and O–H groups in total. The molecule has 2 aromatic heterocycles. The number of thioether (sulfide) groups is 1. The van der Waals surface area contributed by atoms with Crippen LogP contribution in [-0.2, 0) is 0 Å². The van der Waals surface area contributed by atoms with Gasteiger partial charge >= 0.3 is 0 Å². The van der Waals surface area contributed by atoms with E-state index < -0.39 is 0 Å². The lowest BCUT2D eigenvalue weighted by molar-refractivity contribution is 0.846. The van der Waals surface area contributed by atoms with Crippen LogP contribution in [0.1, 0.15) is 0 Å². The zero-order valence-corrected chi connectivity index (χ0v) is 7.26. The van der Waals surface area contributed by atoms with Crippen molar-refractivity contribution in [3.63, 3.8) is 0 Å². The van der Waals surface area contributed by atoms with E-state index >= 15 is 0 Å². The predicted molar refractivity (Wildman–Crippen MR) is 47.6 cm³/mol. The van der Waals surface area contributed by atoms with Crippen LogP contribution in [0.2, 0.25) is 0 Å². The molecule has 12 heavy (non-hydrogen) atoms. The average Bonchev–Trinajstić information content (AvgIpc) is 2.49. The number of fused-ring (bicyclic) bond motifs is 1. The predicted octanol–water partition coefficient (Wildman–Crippen LogP) is 0.744. The van der Waals surface area contributed by atoms with E-state index in [2.05, 4.69) is 10.1 Å². The standard InChI is InChI=1S/C7H7N3OS/c1-12-7-5(11)4-6-8-2-3-10(6)9-7/h2-4,8H,1H3. The Morgan fingerprint density at radius 1 is 1.67 bits per heavy atom. The van der Waals surface area contributed by atoms with Crippen molar-refractivity contribution >= 4 is 17.4 Å². The number of hydrogen-bond acceptors (Lipinski definition) is 3. The molecule has 0 aliphatic carbocycles. The summed E-state index contributed by atoms with van der Waals surface area (Å²) in [5.41, 5.74) is 0.683. The third kappa shape index (κ3) is 1.02. The first-order valence-electron chi connectivity index (χ1n) is 3.42. The molecule has 4 nitrogen and oxygen atoms in total. The molecule has 0 unspecified atom stereocenters. The fourth-order valence-corrected chi connectivity index (χ4v) is 1.44. The van der Waals surface area contributed by atoms with Crippen LogP contribution < -0.4 is 5.43 Å². The molecule has 0 bridgehead atoms. The maximum absolute atomic E-state index is 11.2. The minimum absolute atomic E-state index is 0.0371. The highest BCUT2D eigenvalue weighted by Crippen LogP contribution is 2.05. The van der Waals surface area contributed by atoms with Crippen molar-refractivity contribution in [3.8, 4) is 0 Å². The first kappa shape index (κ1) is 7.42. The SMILES string of the molecule is CSc1nn2cc[nH]c2cc1=O. The Morgan fingerprint density at radius 3 is 3.25 bits per heavy atom. The van der Waals surface area contributed by atoms with Crippen molar-refractivity contribution in [3.05, 3.63) is 28.7 Å². The molecule has 0 atom stereocenters. The minimum atomic E-state index is -0.0371. The van der Waals surface area contributed by atoms with Gasteiger partial charge < -0.3 is 4.98 Å². The van der Waals surface area contributed by atoms with E-state index in [9.17, 15) is 4.79 Å². The molecule has 0 spiro atoms. The van der Waals surface area contributed by atoms with E-state index in [4.69, 9.17) is 0 Å². The van der Waals surface area contributed by atoms with E-state index in [1.807, 2.05) is 6.26 Å². The van der Waals surface area contributed by atoms with Gasteiger partial charge in [0.15, 0.2) is 5.03 Å². The maximum Gasteiger partial charge on any atom is 0.216 e. The second kappa shape index (κ2) is 2.67. The van der Waals surface area contributed by atoms with Crippen molar-refractivity contribution in [2.24, 2.45) is 0 Å². The smallest absolute Gasteiger partial charge is 0.216 e. The van der Waals surface area contributed by atoms with Crippen LogP contribution in [-0.4, -0.2) is 20.9 Å². The first-order valence-corrected chi connectivity index (χ1v) is 4.65. The van der Waals surface area contributed by atoms with Crippen LogP contribution in [0.5, 0.6) is 0 Å². The van der Waals surface area contributed by atoms with Crippen molar-refractivity contribution < 1.29 is 0 Å². The molecule has 2 aromatic rings.